The Bertz CT molecular complexity index is 3010. The first kappa shape index (κ1) is 39.3. The molecule has 3 aliphatic rings. The Morgan fingerprint density at radius 1 is 0.435 bits per heavy atom. The number of nitrogens with zero attached hydrogens (tertiary/aromatic N) is 2. The lowest BCUT2D eigenvalue weighted by molar-refractivity contribution is -0.268. The number of fused-ring (bicyclic) bond motifs is 8. The molecule has 4 aromatic carbocycles. The van der Waals surface area contributed by atoms with Crippen LogP contribution in [0.3, 0.4) is 0 Å². The van der Waals surface area contributed by atoms with Crippen LogP contribution >= 0.6 is 0 Å². The Morgan fingerprint density at radius 2 is 0.758 bits per heavy atom. The van der Waals surface area contributed by atoms with Gasteiger partial charge in [0.25, 0.3) is 0 Å². The molecule has 9 heteroatoms. The monoisotopic (exact) mass is 818 g/mol. The molecule has 1 fully saturated rings. The number of aliphatic hydroxyl groups excluding tert-OH is 3. The zero-order valence-electron chi connectivity index (χ0n) is 34.8. The Hall–Kier alpha value is -6.88. The number of aliphatic hydroxyl groups is 3. The molecule has 3 aliphatic heterocycles. The maximum absolute atomic E-state index is 10.7. The van der Waals surface area contributed by atoms with Crippen molar-refractivity contribution in [3.05, 3.63) is 161 Å². The van der Waals surface area contributed by atoms with Crippen LogP contribution in [0.1, 0.15) is 46.4 Å². The second-order valence-corrected chi connectivity index (χ2v) is 16.4. The minimum Gasteiger partial charge on any atom is -0.462 e. The number of ether oxygens (including phenoxy) is 2. The topological polar surface area (TPSA) is 137 Å². The maximum atomic E-state index is 10.7. The van der Waals surface area contributed by atoms with Crippen LogP contribution in [0, 0.1) is 20.8 Å². The van der Waals surface area contributed by atoms with Crippen molar-refractivity contribution in [3.8, 4) is 50.3 Å². The Labute approximate surface area is 359 Å². The summed E-state index contributed by atoms with van der Waals surface area (Å²) in [5, 5.41) is 31.3. The largest absolute Gasteiger partial charge is 0.462 e. The summed E-state index contributed by atoms with van der Waals surface area (Å²) in [5.41, 5.74) is 18.2. The normalized spacial score (nSPS) is 19.5. The number of rotatable bonds is 6. The Balaban J connectivity index is 1.25. The third kappa shape index (κ3) is 7.25. The molecule has 308 valence electrons. The Kier molecular flexibility index (Phi) is 10.0. The van der Waals surface area contributed by atoms with E-state index in [9.17, 15) is 15.3 Å². The lowest BCUT2D eigenvalue weighted by atomic mass is 10.00. The number of aromatic amines is 2. The molecule has 0 saturated carbocycles. The quantitative estimate of drug-likeness (QED) is 0.113. The lowest BCUT2D eigenvalue weighted by Crippen LogP contribution is -2.58. The van der Waals surface area contributed by atoms with Crippen molar-refractivity contribution in [2.24, 2.45) is 0 Å². The van der Waals surface area contributed by atoms with Crippen molar-refractivity contribution in [3.63, 3.8) is 0 Å². The summed E-state index contributed by atoms with van der Waals surface area (Å²) in [6.45, 7) is 7.91. The van der Waals surface area contributed by atoms with Crippen LogP contribution < -0.4 is 4.74 Å². The summed E-state index contributed by atoms with van der Waals surface area (Å²) in [5.74, 6) is 0.429. The highest BCUT2D eigenvalue weighted by Gasteiger charge is 2.43. The average Bonchev–Trinajstić information content (AvgIpc) is 4.13. The van der Waals surface area contributed by atoms with Gasteiger partial charge in [-0.05, 0) is 111 Å². The van der Waals surface area contributed by atoms with Crippen LogP contribution in [-0.2, 0) is 4.74 Å². The number of aryl methyl sites for hydroxylation is 3. The Morgan fingerprint density at radius 3 is 1.10 bits per heavy atom. The van der Waals surface area contributed by atoms with Crippen LogP contribution in [0.25, 0.3) is 90.9 Å². The predicted octanol–water partition coefficient (Wildman–Crippen LogP) is 10.5. The molecule has 10 rings (SSSR count). The molecule has 3 aromatic heterocycles. The van der Waals surface area contributed by atoms with Crippen LogP contribution in [0.4, 0.5) is 0 Å². The number of aromatic nitrogens is 4. The van der Waals surface area contributed by atoms with Gasteiger partial charge in [0, 0.05) is 44.3 Å². The van der Waals surface area contributed by atoms with Gasteiger partial charge in [-0.3, -0.25) is 0 Å². The van der Waals surface area contributed by atoms with Crippen LogP contribution in [-0.4, -0.2) is 66.0 Å². The van der Waals surface area contributed by atoms with Gasteiger partial charge in [0.05, 0.1) is 28.9 Å². The number of hydrogen-bond acceptors (Lipinski definition) is 7. The molecule has 0 spiro atoms. The van der Waals surface area contributed by atoms with Crippen molar-refractivity contribution in [2.45, 2.75) is 58.4 Å². The molecule has 5 atom stereocenters. The number of nitrogens with one attached hydrogen (secondary N) is 2. The van der Waals surface area contributed by atoms with Gasteiger partial charge < -0.3 is 34.8 Å². The molecule has 62 heavy (non-hydrogen) atoms. The van der Waals surface area contributed by atoms with Gasteiger partial charge in [-0.2, -0.15) is 0 Å². The third-order valence-corrected chi connectivity index (χ3v) is 12.0. The van der Waals surface area contributed by atoms with Gasteiger partial charge in [0.15, 0.2) is 0 Å². The van der Waals surface area contributed by atoms with E-state index in [4.69, 9.17) is 19.4 Å². The summed E-state index contributed by atoms with van der Waals surface area (Å²) >= 11 is 0. The van der Waals surface area contributed by atoms with Crippen LogP contribution in [0.15, 0.2) is 121 Å². The molecule has 0 amide bonds. The first-order valence-electron chi connectivity index (χ1n) is 20.9. The fourth-order valence-electron chi connectivity index (χ4n) is 8.53. The first-order chi connectivity index (χ1) is 30.1. The molecule has 1 saturated heterocycles. The van der Waals surface area contributed by atoms with E-state index >= 15 is 0 Å². The molecule has 0 radical (unpaired) electrons. The van der Waals surface area contributed by atoms with E-state index in [1.165, 1.54) is 16.7 Å². The summed E-state index contributed by atoms with van der Waals surface area (Å²) in [6.07, 6.45) is 2.41. The summed E-state index contributed by atoms with van der Waals surface area (Å²) < 4.78 is 11.8. The summed E-state index contributed by atoms with van der Waals surface area (Å²) in [6, 6.07) is 41.6. The van der Waals surface area contributed by atoms with E-state index in [-0.39, 0.29) is 0 Å². The van der Waals surface area contributed by atoms with Crippen molar-refractivity contribution in [2.75, 3.05) is 0 Å². The molecular formula is C53H46N4O5. The first-order valence-corrected chi connectivity index (χ1v) is 20.9. The van der Waals surface area contributed by atoms with Gasteiger partial charge in [0.1, 0.15) is 24.1 Å². The minimum atomic E-state index is -1.43. The zero-order chi connectivity index (χ0) is 42.6. The van der Waals surface area contributed by atoms with E-state index in [0.29, 0.717) is 5.75 Å². The smallest absolute Gasteiger partial charge is 0.229 e. The summed E-state index contributed by atoms with van der Waals surface area (Å²) in [4.78, 5) is 18.4. The van der Waals surface area contributed by atoms with Gasteiger partial charge in [0.2, 0.25) is 6.29 Å². The maximum Gasteiger partial charge on any atom is 0.229 e. The van der Waals surface area contributed by atoms with Gasteiger partial charge in [-0.15, -0.1) is 0 Å². The van der Waals surface area contributed by atoms with E-state index in [1.807, 2.05) is 12.1 Å². The molecule has 0 aliphatic carbocycles. The number of hydrogen-bond donors (Lipinski definition) is 5. The molecule has 0 unspecified atom stereocenters. The average molecular weight is 819 g/mol. The van der Waals surface area contributed by atoms with E-state index in [1.54, 1.807) is 19.1 Å². The molecule has 7 aromatic rings. The second kappa shape index (κ2) is 15.9. The van der Waals surface area contributed by atoms with Crippen molar-refractivity contribution >= 4 is 46.4 Å². The highest BCUT2D eigenvalue weighted by molar-refractivity contribution is 5.99. The zero-order valence-corrected chi connectivity index (χ0v) is 34.8. The van der Waals surface area contributed by atoms with Gasteiger partial charge in [-0.25, -0.2) is 9.97 Å². The molecule has 5 N–H and O–H groups in total. The van der Waals surface area contributed by atoms with Crippen molar-refractivity contribution in [1.29, 1.82) is 0 Å². The molecular weight excluding hydrogens is 773 g/mol. The second-order valence-electron chi connectivity index (χ2n) is 16.4. The minimum absolute atomic E-state index is 0.429. The fourth-order valence-corrected chi connectivity index (χ4v) is 8.53. The molecule has 9 nitrogen and oxygen atoms in total. The lowest BCUT2D eigenvalue weighted by Gasteiger charge is -2.38. The van der Waals surface area contributed by atoms with Gasteiger partial charge in [-0.1, -0.05) is 102 Å². The number of H-pyrrole nitrogens is 2. The predicted molar refractivity (Wildman–Crippen MR) is 248 cm³/mol. The summed E-state index contributed by atoms with van der Waals surface area (Å²) in [7, 11) is 0. The van der Waals surface area contributed by atoms with Crippen molar-refractivity contribution in [1.82, 2.24) is 19.9 Å². The van der Waals surface area contributed by atoms with E-state index < -0.39 is 30.7 Å². The van der Waals surface area contributed by atoms with Crippen LogP contribution in [0.2, 0.25) is 0 Å². The SMILES string of the molecule is Cc1ccc(-c2c3nc(c(-c4ccc(C)cc4)c4ccc([nH]4)c(-c4ccc(O[C@H]5O[C@@H](C)[C@@H](O)[C@@H](O)[C@@H]5O)cc4)c4nc(c(-c5ccc(C)cc5)c5ccc2[nH]5)C=C4)C=C3)cc1. The molecule has 8 bridgehead atoms. The number of benzene rings is 4. The van der Waals surface area contributed by atoms with Gasteiger partial charge >= 0.3 is 0 Å². The highest BCUT2D eigenvalue weighted by Crippen LogP contribution is 2.39. The highest BCUT2D eigenvalue weighted by atomic mass is 16.7. The fraction of sp³-hybridized carbons (Fsp3) is 0.170. The van der Waals surface area contributed by atoms with Crippen molar-refractivity contribution < 1.29 is 24.8 Å². The standard InChI is InChI=1S/C53H46N4O5/c1-29-5-11-33(12-6-29)46-38-21-23-40(54-38)47(34-13-7-30(2)8-14-34)42-25-27-44(56-42)49(36-17-19-37(20-18-36)62-53-52(60)51(59)50(58)32(4)61-53)45-28-26-43(57-45)48(41-24-22-39(46)55-41)35-15-9-31(3)10-16-35/h5-28,32,50-54,57-60H,1-4H3/t32-,50+,51+,52-,53+/m0/s1. The van der Waals surface area contributed by atoms with Crippen LogP contribution in [0.5, 0.6) is 5.75 Å². The molecule has 6 heterocycles. The third-order valence-electron chi connectivity index (χ3n) is 12.0. The van der Waals surface area contributed by atoms with E-state index in [0.717, 1.165) is 89.4 Å². The van der Waals surface area contributed by atoms with E-state index in [2.05, 4.69) is 152 Å².